The fourth-order valence-corrected chi connectivity index (χ4v) is 4.30. The largest absolute Gasteiger partial charge is 0.368 e. The van der Waals surface area contributed by atoms with Gasteiger partial charge in [-0.15, -0.1) is 0 Å². The molecule has 2 fully saturated rings. The lowest BCUT2D eigenvalue weighted by Crippen LogP contribution is -2.48. The maximum atomic E-state index is 13.0. The van der Waals surface area contributed by atoms with Crippen LogP contribution in [0.2, 0.25) is 0 Å². The van der Waals surface area contributed by atoms with Gasteiger partial charge in [0, 0.05) is 55.6 Å². The zero-order valence-corrected chi connectivity index (χ0v) is 16.0. The zero-order valence-electron chi connectivity index (χ0n) is 16.0. The highest BCUT2D eigenvalue weighted by molar-refractivity contribution is 6.00. The second-order valence-corrected chi connectivity index (χ2v) is 7.97. The molecule has 2 aromatic carbocycles. The Morgan fingerprint density at radius 1 is 0.857 bits per heavy atom. The molecular weight excluding hydrogens is 350 g/mol. The maximum Gasteiger partial charge on any atom is 0.253 e. The number of rotatable bonds is 3. The Bertz CT molecular complexity index is 899. The van der Waals surface area contributed by atoms with Crippen LogP contribution in [-0.4, -0.2) is 49.4 Å². The number of fused-ring (bicyclic) bond motifs is 1. The number of anilines is 2. The van der Waals surface area contributed by atoms with Crippen LogP contribution in [0.15, 0.2) is 48.5 Å². The second kappa shape index (κ2) is 6.97. The summed E-state index contributed by atoms with van der Waals surface area (Å²) < 4.78 is 0. The van der Waals surface area contributed by atoms with Crippen LogP contribution in [0.1, 0.15) is 28.8 Å². The van der Waals surface area contributed by atoms with Crippen molar-refractivity contribution in [3.63, 3.8) is 0 Å². The predicted molar refractivity (Wildman–Crippen MR) is 110 cm³/mol. The highest BCUT2D eigenvalue weighted by atomic mass is 16.2. The Hall–Kier alpha value is -2.82. The average Bonchev–Trinajstić information content (AvgIpc) is 3.52. The quantitative estimate of drug-likeness (QED) is 0.829. The molecule has 5 rings (SSSR count). The smallest absolute Gasteiger partial charge is 0.253 e. The highest BCUT2D eigenvalue weighted by Gasteiger charge is 2.36. The van der Waals surface area contributed by atoms with E-state index < -0.39 is 0 Å². The molecule has 28 heavy (non-hydrogen) atoms. The van der Waals surface area contributed by atoms with E-state index in [1.165, 1.54) is 5.69 Å². The van der Waals surface area contributed by atoms with Crippen molar-refractivity contribution in [3.8, 4) is 0 Å². The average molecular weight is 375 g/mol. The highest BCUT2D eigenvalue weighted by Crippen LogP contribution is 2.36. The van der Waals surface area contributed by atoms with Gasteiger partial charge >= 0.3 is 0 Å². The van der Waals surface area contributed by atoms with E-state index in [-0.39, 0.29) is 17.7 Å². The summed E-state index contributed by atoms with van der Waals surface area (Å²) in [4.78, 5) is 31.6. The van der Waals surface area contributed by atoms with Gasteiger partial charge in [-0.25, -0.2) is 0 Å². The molecule has 3 aliphatic rings. The molecule has 2 amide bonds. The van der Waals surface area contributed by atoms with Crippen LogP contribution in [-0.2, 0) is 11.2 Å². The minimum atomic E-state index is 0.0995. The van der Waals surface area contributed by atoms with Gasteiger partial charge in [-0.3, -0.25) is 9.59 Å². The lowest BCUT2D eigenvalue weighted by Gasteiger charge is -2.36. The molecule has 144 valence electrons. The van der Waals surface area contributed by atoms with Crippen LogP contribution in [0.3, 0.4) is 0 Å². The van der Waals surface area contributed by atoms with Gasteiger partial charge in [0.05, 0.1) is 0 Å². The molecule has 1 aliphatic carbocycles. The number of para-hydroxylation sites is 1. The Morgan fingerprint density at radius 2 is 1.61 bits per heavy atom. The summed E-state index contributed by atoms with van der Waals surface area (Å²) >= 11 is 0. The van der Waals surface area contributed by atoms with E-state index in [1.54, 1.807) is 0 Å². The number of benzene rings is 2. The second-order valence-electron chi connectivity index (χ2n) is 7.97. The Morgan fingerprint density at radius 3 is 2.32 bits per heavy atom. The number of amides is 2. The molecule has 0 spiro atoms. The van der Waals surface area contributed by atoms with Crippen LogP contribution in [0.4, 0.5) is 11.4 Å². The standard InChI is InChI=1S/C23H25N3O2/c27-22(25-14-12-24(13-15-25)20-4-2-1-3-5-20)19-8-9-21-18(16-19)10-11-26(21)23(28)17-6-7-17/h1-5,8-9,16-17H,6-7,10-15H2. The SMILES string of the molecule is O=C(c1ccc2c(c1)CCN2C(=O)C1CC1)N1CCN(c2ccccc2)CC1. The number of carbonyl (C=O) groups excluding carboxylic acids is 2. The lowest BCUT2D eigenvalue weighted by molar-refractivity contribution is -0.119. The van der Waals surface area contributed by atoms with Crippen molar-refractivity contribution in [2.45, 2.75) is 19.3 Å². The van der Waals surface area contributed by atoms with Crippen molar-refractivity contribution < 1.29 is 9.59 Å². The van der Waals surface area contributed by atoms with Gasteiger partial charge in [-0.1, -0.05) is 18.2 Å². The van der Waals surface area contributed by atoms with Gasteiger partial charge in [-0.2, -0.15) is 0 Å². The van der Waals surface area contributed by atoms with E-state index in [1.807, 2.05) is 34.1 Å². The van der Waals surface area contributed by atoms with E-state index in [0.717, 1.165) is 68.8 Å². The molecule has 0 bridgehead atoms. The zero-order chi connectivity index (χ0) is 19.1. The van der Waals surface area contributed by atoms with Gasteiger partial charge in [0.2, 0.25) is 5.91 Å². The van der Waals surface area contributed by atoms with Gasteiger partial charge in [-0.05, 0) is 55.2 Å². The van der Waals surface area contributed by atoms with E-state index in [9.17, 15) is 9.59 Å². The molecule has 2 heterocycles. The summed E-state index contributed by atoms with van der Waals surface area (Å²) in [7, 11) is 0. The molecular formula is C23H25N3O2. The first kappa shape index (κ1) is 17.3. The number of nitrogens with zero attached hydrogens (tertiary/aromatic N) is 3. The third kappa shape index (κ3) is 3.15. The normalized spacial score (nSPS) is 18.9. The summed E-state index contributed by atoms with van der Waals surface area (Å²) in [6, 6.07) is 16.2. The molecule has 0 radical (unpaired) electrons. The van der Waals surface area contributed by atoms with Gasteiger partial charge < -0.3 is 14.7 Å². The van der Waals surface area contributed by atoms with Crippen molar-refractivity contribution in [1.29, 1.82) is 0 Å². The van der Waals surface area contributed by atoms with E-state index in [2.05, 4.69) is 29.2 Å². The van der Waals surface area contributed by atoms with Crippen LogP contribution < -0.4 is 9.80 Å². The monoisotopic (exact) mass is 375 g/mol. The van der Waals surface area contributed by atoms with E-state index in [4.69, 9.17) is 0 Å². The summed E-state index contributed by atoms with van der Waals surface area (Å²) in [6.07, 6.45) is 2.89. The summed E-state index contributed by atoms with van der Waals surface area (Å²) in [5.74, 6) is 0.588. The minimum Gasteiger partial charge on any atom is -0.368 e. The third-order valence-electron chi connectivity index (χ3n) is 6.10. The van der Waals surface area contributed by atoms with Crippen LogP contribution in [0.25, 0.3) is 0 Å². The fraction of sp³-hybridized carbons (Fsp3) is 0.391. The molecule has 5 nitrogen and oxygen atoms in total. The lowest BCUT2D eigenvalue weighted by atomic mass is 10.1. The van der Waals surface area contributed by atoms with Gasteiger partial charge in [0.15, 0.2) is 0 Å². The summed E-state index contributed by atoms with van der Waals surface area (Å²) in [5.41, 5.74) is 4.09. The van der Waals surface area contributed by atoms with Crippen molar-refractivity contribution in [1.82, 2.24) is 4.90 Å². The molecule has 0 unspecified atom stereocenters. The minimum absolute atomic E-state index is 0.0995. The van der Waals surface area contributed by atoms with Gasteiger partial charge in [0.1, 0.15) is 0 Å². The topological polar surface area (TPSA) is 43.9 Å². The molecule has 2 aliphatic heterocycles. The molecule has 0 aromatic heterocycles. The first-order valence-electron chi connectivity index (χ1n) is 10.2. The molecule has 0 N–H and O–H groups in total. The fourth-order valence-electron chi connectivity index (χ4n) is 4.30. The third-order valence-corrected chi connectivity index (χ3v) is 6.10. The molecule has 1 saturated heterocycles. The summed E-state index contributed by atoms with van der Waals surface area (Å²) in [6.45, 7) is 3.92. The maximum absolute atomic E-state index is 13.0. The molecule has 5 heteroatoms. The Kier molecular flexibility index (Phi) is 4.30. The Balaban J connectivity index is 1.26. The van der Waals surface area contributed by atoms with Crippen LogP contribution in [0.5, 0.6) is 0 Å². The summed E-state index contributed by atoms with van der Waals surface area (Å²) in [5, 5.41) is 0. The number of hydrogen-bond donors (Lipinski definition) is 0. The van der Waals surface area contributed by atoms with Crippen LogP contribution in [0, 0.1) is 5.92 Å². The van der Waals surface area contributed by atoms with E-state index >= 15 is 0 Å². The molecule has 0 atom stereocenters. The number of carbonyl (C=O) groups is 2. The van der Waals surface area contributed by atoms with Crippen molar-refractivity contribution >= 4 is 23.2 Å². The predicted octanol–water partition coefficient (Wildman–Crippen LogP) is 2.95. The molecule has 2 aromatic rings. The van der Waals surface area contributed by atoms with Crippen molar-refractivity contribution in [2.24, 2.45) is 5.92 Å². The van der Waals surface area contributed by atoms with Crippen molar-refractivity contribution in [3.05, 3.63) is 59.7 Å². The van der Waals surface area contributed by atoms with Crippen LogP contribution >= 0.6 is 0 Å². The first-order chi connectivity index (χ1) is 13.7. The Labute approximate surface area is 165 Å². The van der Waals surface area contributed by atoms with Gasteiger partial charge in [0.25, 0.3) is 5.91 Å². The first-order valence-corrected chi connectivity index (χ1v) is 10.2. The van der Waals surface area contributed by atoms with E-state index in [0.29, 0.717) is 0 Å². The number of hydrogen-bond acceptors (Lipinski definition) is 3. The molecule has 1 saturated carbocycles. The van der Waals surface area contributed by atoms with Crippen molar-refractivity contribution in [2.75, 3.05) is 42.5 Å². The number of piperazine rings is 1.